The average Bonchev–Trinajstić information content (AvgIpc) is 3.54. The highest BCUT2D eigenvalue weighted by Gasteiger charge is 2.51. The molecule has 1 saturated heterocycles. The number of alkyl halides is 4. The molecule has 3 aliphatic rings. The first kappa shape index (κ1) is 26.1. The van der Waals surface area contributed by atoms with Gasteiger partial charge < -0.3 is 10.6 Å². The van der Waals surface area contributed by atoms with Gasteiger partial charge in [0.05, 0.1) is 24.2 Å². The van der Waals surface area contributed by atoms with Crippen LogP contribution in [0.4, 0.5) is 22.0 Å². The molecule has 11 heteroatoms. The van der Waals surface area contributed by atoms with Crippen LogP contribution in [0.15, 0.2) is 47.5 Å². The summed E-state index contributed by atoms with van der Waals surface area (Å²) in [4.78, 5) is 33.6. The second-order valence-electron chi connectivity index (χ2n) is 10.6. The Morgan fingerprint density at radius 1 is 1.16 bits per heavy atom. The van der Waals surface area contributed by atoms with Crippen LogP contribution in [-0.4, -0.2) is 46.3 Å². The van der Waals surface area contributed by atoms with Gasteiger partial charge in [0.15, 0.2) is 11.5 Å². The fourth-order valence-corrected chi connectivity index (χ4v) is 5.25. The first-order chi connectivity index (χ1) is 17.8. The van der Waals surface area contributed by atoms with Gasteiger partial charge in [-0.1, -0.05) is 31.0 Å². The summed E-state index contributed by atoms with van der Waals surface area (Å²) >= 11 is 0. The fourth-order valence-electron chi connectivity index (χ4n) is 5.25. The van der Waals surface area contributed by atoms with Gasteiger partial charge in [0.2, 0.25) is 0 Å². The number of rotatable bonds is 6. The van der Waals surface area contributed by atoms with Crippen molar-refractivity contribution in [3.63, 3.8) is 0 Å². The van der Waals surface area contributed by atoms with Gasteiger partial charge in [0.1, 0.15) is 11.5 Å². The molecule has 1 saturated carbocycles. The van der Waals surface area contributed by atoms with Crippen LogP contribution in [-0.2, 0) is 23.1 Å². The molecule has 6 nitrogen and oxygen atoms in total. The van der Waals surface area contributed by atoms with Gasteiger partial charge in [-0.05, 0) is 54.7 Å². The number of hydrogen-bond donors (Lipinski definition) is 1. The quantitative estimate of drug-likeness (QED) is 0.543. The van der Waals surface area contributed by atoms with Crippen LogP contribution in [0.25, 0.3) is 0 Å². The minimum absolute atomic E-state index is 0.00106. The first-order valence-electron chi connectivity index (χ1n) is 12.4. The highest BCUT2D eigenvalue weighted by atomic mass is 19.4. The Morgan fingerprint density at radius 3 is 2.42 bits per heavy atom. The number of benzene rings is 2. The van der Waals surface area contributed by atoms with Gasteiger partial charge in [0, 0.05) is 13.0 Å². The second kappa shape index (κ2) is 9.06. The number of amides is 2. The molecule has 2 N–H and O–H groups in total. The smallest absolute Gasteiger partial charge is 0.369 e. The summed E-state index contributed by atoms with van der Waals surface area (Å²) in [5, 5.41) is 0. The normalized spacial score (nSPS) is 25.7. The zero-order valence-electron chi connectivity index (χ0n) is 20.7. The van der Waals surface area contributed by atoms with Crippen LogP contribution in [0.5, 0.6) is 0 Å². The number of nitrogens with zero attached hydrogens (tertiary/aromatic N) is 3. The molecule has 0 spiro atoms. The Morgan fingerprint density at radius 2 is 1.84 bits per heavy atom. The number of carbonyl (C=O) groups is 2. The molecule has 2 amide bonds. The van der Waals surface area contributed by atoms with E-state index < -0.39 is 46.1 Å². The van der Waals surface area contributed by atoms with E-state index in [0.717, 1.165) is 29.9 Å². The highest BCUT2D eigenvalue weighted by Crippen LogP contribution is 2.46. The molecule has 38 heavy (non-hydrogen) atoms. The molecule has 2 aromatic rings. The third kappa shape index (κ3) is 4.86. The Hall–Kier alpha value is -3.50. The molecule has 2 heterocycles. The third-order valence-electron chi connectivity index (χ3n) is 7.45. The van der Waals surface area contributed by atoms with Crippen molar-refractivity contribution >= 4 is 17.8 Å². The van der Waals surface area contributed by atoms with Crippen molar-refractivity contribution in [3.05, 3.63) is 70.5 Å². The fraction of sp³-hybridized carbons (Fsp3) is 0.444. The lowest BCUT2D eigenvalue weighted by molar-refractivity contribution is -0.138. The van der Waals surface area contributed by atoms with Crippen LogP contribution in [0, 0.1) is 11.7 Å². The average molecular weight is 535 g/mol. The monoisotopic (exact) mass is 534 g/mol. The molecule has 0 aromatic heterocycles. The number of guanidine groups is 1. The van der Waals surface area contributed by atoms with Gasteiger partial charge in [-0.25, -0.2) is 13.8 Å². The van der Waals surface area contributed by atoms with Crippen LogP contribution < -0.4 is 5.73 Å². The van der Waals surface area contributed by atoms with E-state index in [0.29, 0.717) is 12.0 Å². The Bertz CT molecular complexity index is 1300. The number of hydrogen-bond acceptors (Lipinski definition) is 4. The topological polar surface area (TPSA) is 79.0 Å². The van der Waals surface area contributed by atoms with Crippen molar-refractivity contribution in [2.75, 3.05) is 13.1 Å². The lowest BCUT2D eigenvalue weighted by Crippen LogP contribution is -2.43. The maximum atomic E-state index is 14.3. The summed E-state index contributed by atoms with van der Waals surface area (Å²) in [6.07, 6.45) is -2.56. The zero-order chi connectivity index (χ0) is 27.5. The summed E-state index contributed by atoms with van der Waals surface area (Å²) in [7, 11) is 0. The van der Waals surface area contributed by atoms with E-state index in [1.54, 1.807) is 0 Å². The highest BCUT2D eigenvalue weighted by molar-refractivity contribution is 6.07. The SMILES string of the molecule is CC1(F)CCN(C(=O)c2cc(CN3C(=O)[C@@](CC4CC4)(c4ccc(F)cc4)N=C3N)ccc2C(F)(F)F)C1. The maximum absolute atomic E-state index is 14.3. The molecule has 0 radical (unpaired) electrons. The largest absolute Gasteiger partial charge is 0.417 e. The minimum Gasteiger partial charge on any atom is -0.369 e. The van der Waals surface area contributed by atoms with Gasteiger partial charge >= 0.3 is 6.18 Å². The lowest BCUT2D eigenvalue weighted by Gasteiger charge is -2.27. The molecule has 2 atom stereocenters. The molecule has 2 aromatic carbocycles. The predicted octanol–water partition coefficient (Wildman–Crippen LogP) is 4.77. The van der Waals surface area contributed by atoms with Gasteiger partial charge in [-0.2, -0.15) is 13.2 Å². The van der Waals surface area contributed by atoms with Gasteiger partial charge in [-0.3, -0.25) is 14.5 Å². The van der Waals surface area contributed by atoms with Crippen LogP contribution >= 0.6 is 0 Å². The molecule has 1 unspecified atom stereocenters. The Labute approximate surface area is 216 Å². The number of likely N-dealkylation sites (tertiary alicyclic amines) is 1. The molecule has 0 bridgehead atoms. The van der Waals surface area contributed by atoms with E-state index in [9.17, 15) is 31.5 Å². The minimum atomic E-state index is -4.81. The maximum Gasteiger partial charge on any atom is 0.417 e. The summed E-state index contributed by atoms with van der Waals surface area (Å²) < 4.78 is 69.3. The van der Waals surface area contributed by atoms with Crippen LogP contribution in [0.3, 0.4) is 0 Å². The number of aliphatic imine (C=N–C) groups is 1. The standard InChI is InChI=1S/C27H27F5N4O2/c1-25(29)10-11-35(15-25)22(37)20-12-17(4-9-21(20)27(30,31)32)14-36-23(38)26(34-24(36)33,13-16-2-3-16)18-5-7-19(28)8-6-18/h4-9,12,16H,2-3,10-11,13-15H2,1H3,(H2,33,34)/t25?,26-/m1/s1. The molecular formula is C27H27F5N4O2. The summed E-state index contributed by atoms with van der Waals surface area (Å²) in [6.45, 7) is 0.774. The summed E-state index contributed by atoms with van der Waals surface area (Å²) in [5.74, 6) is -1.72. The van der Waals surface area contributed by atoms with Crippen molar-refractivity contribution in [2.45, 2.75) is 56.5 Å². The zero-order valence-corrected chi connectivity index (χ0v) is 20.7. The van der Waals surface area contributed by atoms with Crippen molar-refractivity contribution in [3.8, 4) is 0 Å². The van der Waals surface area contributed by atoms with E-state index in [1.165, 1.54) is 42.2 Å². The van der Waals surface area contributed by atoms with Crippen molar-refractivity contribution in [2.24, 2.45) is 16.6 Å². The molecule has 2 fully saturated rings. The van der Waals surface area contributed by atoms with Crippen LogP contribution in [0.2, 0.25) is 0 Å². The third-order valence-corrected chi connectivity index (χ3v) is 7.45. The molecule has 5 rings (SSSR count). The van der Waals surface area contributed by atoms with Crippen molar-refractivity contribution in [1.82, 2.24) is 9.80 Å². The van der Waals surface area contributed by atoms with E-state index in [4.69, 9.17) is 5.73 Å². The molecule has 202 valence electrons. The molecule has 1 aliphatic carbocycles. The number of carbonyl (C=O) groups excluding carboxylic acids is 2. The van der Waals surface area contributed by atoms with E-state index in [-0.39, 0.29) is 43.5 Å². The Kier molecular flexibility index (Phi) is 6.23. The van der Waals surface area contributed by atoms with E-state index in [1.807, 2.05) is 0 Å². The van der Waals surface area contributed by atoms with E-state index in [2.05, 4.69) is 4.99 Å². The molecule has 2 aliphatic heterocycles. The van der Waals surface area contributed by atoms with Crippen LogP contribution in [0.1, 0.15) is 59.7 Å². The molecular weight excluding hydrogens is 507 g/mol. The summed E-state index contributed by atoms with van der Waals surface area (Å²) in [5.41, 5.74) is 2.10. The van der Waals surface area contributed by atoms with Crippen molar-refractivity contribution in [1.29, 1.82) is 0 Å². The van der Waals surface area contributed by atoms with Crippen molar-refractivity contribution < 1.29 is 31.5 Å². The number of halogens is 5. The Balaban J connectivity index is 1.46. The predicted molar refractivity (Wildman–Crippen MR) is 129 cm³/mol. The first-order valence-corrected chi connectivity index (χ1v) is 12.4. The lowest BCUT2D eigenvalue weighted by atomic mass is 9.84. The number of nitrogens with two attached hydrogens (primary N) is 1. The van der Waals surface area contributed by atoms with Gasteiger partial charge in [-0.15, -0.1) is 0 Å². The van der Waals surface area contributed by atoms with Gasteiger partial charge in [0.25, 0.3) is 11.8 Å². The van der Waals surface area contributed by atoms with E-state index >= 15 is 0 Å². The summed E-state index contributed by atoms with van der Waals surface area (Å²) in [6, 6.07) is 8.50. The second-order valence-corrected chi connectivity index (χ2v) is 10.6.